The summed E-state index contributed by atoms with van der Waals surface area (Å²) < 4.78 is 23.9. The lowest BCUT2D eigenvalue weighted by Crippen LogP contribution is -2.11. The normalized spacial score (nSPS) is 19.3. The van der Waals surface area contributed by atoms with E-state index in [4.69, 9.17) is 0 Å². The van der Waals surface area contributed by atoms with Gasteiger partial charge < -0.3 is 0 Å². The van der Waals surface area contributed by atoms with Gasteiger partial charge in [-0.15, -0.1) is 6.58 Å². The molecular weight excluding hydrogens is 182 g/mol. The van der Waals surface area contributed by atoms with E-state index < -0.39 is 6.08 Å². The Balaban J connectivity index is 2.24. The summed E-state index contributed by atoms with van der Waals surface area (Å²) in [6.45, 7) is 3.68. The average molecular weight is 199 g/mol. The van der Waals surface area contributed by atoms with Crippen molar-refractivity contribution in [3.8, 4) is 0 Å². The maximum absolute atomic E-state index is 12.0. The summed E-state index contributed by atoms with van der Waals surface area (Å²) in [7, 11) is 0. The van der Waals surface area contributed by atoms with Crippen LogP contribution < -0.4 is 0 Å². The highest BCUT2D eigenvalue weighted by Crippen LogP contribution is 2.34. The minimum Gasteiger partial charge on any atom is -0.174 e. The van der Waals surface area contributed by atoms with Crippen LogP contribution >= 0.6 is 0 Å². The van der Waals surface area contributed by atoms with E-state index in [0.29, 0.717) is 0 Å². The second-order valence-electron chi connectivity index (χ2n) is 3.87. The molecule has 1 saturated carbocycles. The zero-order valence-corrected chi connectivity index (χ0v) is 8.44. The van der Waals surface area contributed by atoms with E-state index in [9.17, 15) is 8.78 Å². The number of allylic oxidation sites excluding steroid dienone is 2. The third-order valence-electron chi connectivity index (χ3n) is 2.80. The molecule has 0 heterocycles. The van der Waals surface area contributed by atoms with Crippen LogP contribution in [0.5, 0.6) is 0 Å². The Morgan fingerprint density at radius 2 is 2.00 bits per heavy atom. The lowest BCUT2D eigenvalue weighted by Gasteiger charge is -2.25. The minimum absolute atomic E-state index is 0.104. The van der Waals surface area contributed by atoms with Crippen LogP contribution in [0.1, 0.15) is 38.5 Å². The van der Waals surface area contributed by atoms with Crippen molar-refractivity contribution in [2.45, 2.75) is 38.5 Å². The SMILES string of the molecule is C=CCC[C]1CCC(C=C(F)F)CC1. The van der Waals surface area contributed by atoms with Crippen molar-refractivity contribution >= 4 is 0 Å². The van der Waals surface area contributed by atoms with Crippen molar-refractivity contribution in [3.63, 3.8) is 0 Å². The first kappa shape index (κ1) is 11.4. The van der Waals surface area contributed by atoms with Crippen LogP contribution in [0.4, 0.5) is 8.78 Å². The highest BCUT2D eigenvalue weighted by molar-refractivity contribution is 5.00. The van der Waals surface area contributed by atoms with Gasteiger partial charge in [-0.2, -0.15) is 8.78 Å². The third kappa shape index (κ3) is 4.03. The van der Waals surface area contributed by atoms with Gasteiger partial charge in [-0.3, -0.25) is 0 Å². The molecule has 14 heavy (non-hydrogen) atoms. The van der Waals surface area contributed by atoms with Crippen LogP contribution in [-0.2, 0) is 0 Å². The first-order chi connectivity index (χ1) is 6.72. The fraction of sp³-hybridized carbons (Fsp3) is 0.583. The Labute approximate surface area is 84.7 Å². The number of hydrogen-bond donors (Lipinski definition) is 0. The van der Waals surface area contributed by atoms with E-state index in [1.54, 1.807) is 0 Å². The van der Waals surface area contributed by atoms with Gasteiger partial charge in [-0.05, 0) is 56.4 Å². The molecule has 0 saturated heterocycles. The van der Waals surface area contributed by atoms with Crippen LogP contribution in [-0.4, -0.2) is 0 Å². The highest BCUT2D eigenvalue weighted by Gasteiger charge is 2.20. The Bertz CT molecular complexity index is 196. The molecule has 0 amide bonds. The fourth-order valence-electron chi connectivity index (χ4n) is 1.95. The third-order valence-corrected chi connectivity index (χ3v) is 2.80. The van der Waals surface area contributed by atoms with Gasteiger partial charge in [-0.25, -0.2) is 0 Å². The Hall–Kier alpha value is -0.660. The van der Waals surface area contributed by atoms with Crippen LogP contribution in [0.15, 0.2) is 24.8 Å². The summed E-state index contributed by atoms with van der Waals surface area (Å²) in [5.41, 5.74) is 0. The molecule has 0 bridgehead atoms. The summed E-state index contributed by atoms with van der Waals surface area (Å²) in [6, 6.07) is 0. The molecule has 1 rings (SSSR count). The molecular formula is C12H17F2. The lowest BCUT2D eigenvalue weighted by molar-refractivity contribution is 0.378. The number of hydrogen-bond acceptors (Lipinski definition) is 0. The minimum atomic E-state index is -1.52. The monoisotopic (exact) mass is 199 g/mol. The molecule has 0 aromatic rings. The van der Waals surface area contributed by atoms with Gasteiger partial charge in [0.05, 0.1) is 0 Å². The van der Waals surface area contributed by atoms with Gasteiger partial charge in [-0.1, -0.05) is 6.08 Å². The zero-order chi connectivity index (χ0) is 10.4. The standard InChI is InChI=1S/C12H17F2/c1-2-3-4-10-5-7-11(8-6-10)9-12(13)14/h2,9,11H,1,3-8H2. The van der Waals surface area contributed by atoms with Crippen molar-refractivity contribution in [1.82, 2.24) is 0 Å². The molecule has 1 aliphatic carbocycles. The summed E-state index contributed by atoms with van der Waals surface area (Å²) in [6.07, 6.45) is 7.44. The average Bonchev–Trinajstić information content (AvgIpc) is 2.16. The van der Waals surface area contributed by atoms with Gasteiger partial charge in [0.1, 0.15) is 0 Å². The van der Waals surface area contributed by atoms with Crippen molar-refractivity contribution in [2.24, 2.45) is 5.92 Å². The molecule has 2 heteroatoms. The molecule has 0 spiro atoms. The van der Waals surface area contributed by atoms with E-state index >= 15 is 0 Å². The molecule has 0 aliphatic heterocycles. The topological polar surface area (TPSA) is 0 Å². The summed E-state index contributed by atoms with van der Waals surface area (Å²) in [4.78, 5) is 0. The Morgan fingerprint density at radius 1 is 1.36 bits per heavy atom. The van der Waals surface area contributed by atoms with Crippen molar-refractivity contribution in [1.29, 1.82) is 0 Å². The molecule has 0 nitrogen and oxygen atoms in total. The molecule has 0 atom stereocenters. The van der Waals surface area contributed by atoms with E-state index in [0.717, 1.165) is 44.6 Å². The van der Waals surface area contributed by atoms with Crippen molar-refractivity contribution in [3.05, 3.63) is 30.7 Å². The summed E-state index contributed by atoms with van der Waals surface area (Å²) in [5.74, 6) is 1.63. The van der Waals surface area contributed by atoms with Gasteiger partial charge in [0, 0.05) is 0 Å². The largest absolute Gasteiger partial charge is 0.266 e. The molecule has 1 fully saturated rings. The molecule has 0 unspecified atom stereocenters. The quantitative estimate of drug-likeness (QED) is 0.585. The predicted octanol–water partition coefficient (Wildman–Crippen LogP) is 4.50. The van der Waals surface area contributed by atoms with Gasteiger partial charge in [0.25, 0.3) is 6.08 Å². The second kappa shape index (κ2) is 5.94. The maximum atomic E-state index is 12.0. The first-order valence-electron chi connectivity index (χ1n) is 5.19. The molecule has 0 aromatic heterocycles. The Kier molecular flexibility index (Phi) is 4.85. The first-order valence-corrected chi connectivity index (χ1v) is 5.19. The highest BCUT2D eigenvalue weighted by atomic mass is 19.3. The van der Waals surface area contributed by atoms with Crippen LogP contribution in [0.2, 0.25) is 0 Å². The van der Waals surface area contributed by atoms with Crippen LogP contribution in [0.25, 0.3) is 0 Å². The summed E-state index contributed by atoms with van der Waals surface area (Å²) >= 11 is 0. The van der Waals surface area contributed by atoms with Gasteiger partial charge in [0.15, 0.2) is 0 Å². The predicted molar refractivity (Wildman–Crippen MR) is 54.9 cm³/mol. The lowest BCUT2D eigenvalue weighted by atomic mass is 9.80. The number of rotatable bonds is 4. The van der Waals surface area contributed by atoms with Crippen molar-refractivity contribution in [2.75, 3.05) is 0 Å². The molecule has 0 aromatic carbocycles. The molecule has 1 aliphatic rings. The smallest absolute Gasteiger partial charge is 0.174 e. The van der Waals surface area contributed by atoms with E-state index in [-0.39, 0.29) is 5.92 Å². The molecule has 1 radical (unpaired) electrons. The molecule has 0 N–H and O–H groups in total. The summed E-state index contributed by atoms with van der Waals surface area (Å²) in [5, 5.41) is 0. The van der Waals surface area contributed by atoms with E-state index in [2.05, 4.69) is 6.58 Å². The van der Waals surface area contributed by atoms with Crippen LogP contribution in [0, 0.1) is 11.8 Å². The van der Waals surface area contributed by atoms with Gasteiger partial charge in [0.2, 0.25) is 0 Å². The van der Waals surface area contributed by atoms with Gasteiger partial charge >= 0.3 is 0 Å². The van der Waals surface area contributed by atoms with Crippen LogP contribution in [0.3, 0.4) is 0 Å². The van der Waals surface area contributed by atoms with Crippen molar-refractivity contribution < 1.29 is 8.78 Å². The molecule has 79 valence electrons. The van der Waals surface area contributed by atoms with E-state index in [1.165, 1.54) is 5.92 Å². The zero-order valence-electron chi connectivity index (χ0n) is 8.44. The second-order valence-corrected chi connectivity index (χ2v) is 3.87. The van der Waals surface area contributed by atoms with E-state index in [1.807, 2.05) is 6.08 Å². The maximum Gasteiger partial charge on any atom is 0.266 e. The Morgan fingerprint density at radius 3 is 2.50 bits per heavy atom. The fourth-order valence-corrected chi connectivity index (χ4v) is 1.95. The number of halogens is 2.